The van der Waals surface area contributed by atoms with Crippen molar-refractivity contribution < 1.29 is 14.5 Å². The van der Waals surface area contributed by atoms with Crippen molar-refractivity contribution in [2.75, 3.05) is 36.6 Å². The predicted molar refractivity (Wildman–Crippen MR) is 113 cm³/mol. The number of nitro groups is 1. The average Bonchev–Trinajstić information content (AvgIpc) is 2.75. The zero-order chi connectivity index (χ0) is 21.3. The number of fused-ring (bicyclic) bond motifs is 1. The number of anilines is 1. The number of carbonyl (C=O) groups is 1. The van der Waals surface area contributed by atoms with Crippen LogP contribution in [0.3, 0.4) is 0 Å². The molecule has 4 rings (SSSR count). The van der Waals surface area contributed by atoms with E-state index in [0.29, 0.717) is 43.2 Å². The summed E-state index contributed by atoms with van der Waals surface area (Å²) in [6.07, 6.45) is 0. The molecule has 0 spiro atoms. The summed E-state index contributed by atoms with van der Waals surface area (Å²) in [7, 11) is 0. The molecule has 0 radical (unpaired) electrons. The van der Waals surface area contributed by atoms with Gasteiger partial charge in [-0.25, -0.2) is 0 Å². The third-order valence-corrected chi connectivity index (χ3v) is 5.10. The number of carbonyl (C=O) groups excluding carboxylic acids is 1. The van der Waals surface area contributed by atoms with Crippen LogP contribution in [0.1, 0.15) is 16.1 Å². The van der Waals surface area contributed by atoms with Crippen LogP contribution >= 0.6 is 0 Å². The van der Waals surface area contributed by atoms with Gasteiger partial charge in [-0.3, -0.25) is 24.4 Å². The number of morpholine rings is 1. The number of rotatable bonds is 4. The zero-order valence-corrected chi connectivity index (χ0v) is 16.3. The van der Waals surface area contributed by atoms with Crippen LogP contribution in [0.2, 0.25) is 0 Å². The van der Waals surface area contributed by atoms with Crippen LogP contribution in [0.15, 0.2) is 53.3 Å². The topological polar surface area (TPSA) is 107 Å². The first-order chi connectivity index (χ1) is 14.5. The molecule has 0 aliphatic carbocycles. The van der Waals surface area contributed by atoms with Gasteiger partial charge in [-0.2, -0.15) is 0 Å². The number of non-ortho nitro benzene ring substituents is 1. The normalized spacial score (nSPS) is 14.0. The molecule has 2 heterocycles. The third-order valence-electron chi connectivity index (χ3n) is 5.10. The van der Waals surface area contributed by atoms with Gasteiger partial charge in [0.05, 0.1) is 47.8 Å². The summed E-state index contributed by atoms with van der Waals surface area (Å²) in [6.45, 7) is 3.85. The molecule has 1 aliphatic rings. The van der Waals surface area contributed by atoms with Crippen molar-refractivity contribution >= 4 is 28.2 Å². The Labute approximate surface area is 171 Å². The van der Waals surface area contributed by atoms with Gasteiger partial charge in [-0.05, 0) is 25.1 Å². The number of nitrogens with zero attached hydrogens (tertiary/aromatic N) is 3. The van der Waals surface area contributed by atoms with Gasteiger partial charge in [0.15, 0.2) is 0 Å². The van der Waals surface area contributed by atoms with E-state index in [9.17, 15) is 19.7 Å². The standard InChI is InChI=1S/C21H20N4O5/c1-14-19(21(27)22-15-5-3-2-4-6-15)20(26)17-13-16(25(28)29)7-8-18(17)24(14)23-9-11-30-12-10-23/h2-8,13H,9-12H2,1H3,(H,22,27). The van der Waals surface area contributed by atoms with Crippen molar-refractivity contribution in [2.45, 2.75) is 6.92 Å². The highest BCUT2D eigenvalue weighted by Gasteiger charge is 2.25. The lowest BCUT2D eigenvalue weighted by Crippen LogP contribution is -2.46. The average molecular weight is 408 g/mol. The molecule has 0 bridgehead atoms. The molecule has 154 valence electrons. The number of hydrogen-bond acceptors (Lipinski definition) is 6. The number of hydrogen-bond donors (Lipinski definition) is 1. The van der Waals surface area contributed by atoms with Crippen molar-refractivity contribution in [1.29, 1.82) is 0 Å². The number of pyridine rings is 1. The minimum Gasteiger partial charge on any atom is -0.378 e. The van der Waals surface area contributed by atoms with Gasteiger partial charge >= 0.3 is 0 Å². The molecular weight excluding hydrogens is 388 g/mol. The highest BCUT2D eigenvalue weighted by atomic mass is 16.6. The van der Waals surface area contributed by atoms with E-state index >= 15 is 0 Å². The highest BCUT2D eigenvalue weighted by molar-refractivity contribution is 6.07. The van der Waals surface area contributed by atoms with Crippen molar-refractivity contribution in [1.82, 2.24) is 4.68 Å². The first-order valence-electron chi connectivity index (χ1n) is 9.50. The second-order valence-corrected chi connectivity index (χ2v) is 6.95. The molecule has 9 heteroatoms. The fourth-order valence-electron chi connectivity index (χ4n) is 3.69. The summed E-state index contributed by atoms with van der Waals surface area (Å²) in [5.41, 5.74) is 0.755. The Kier molecular flexibility index (Phi) is 5.20. The third kappa shape index (κ3) is 3.50. The van der Waals surface area contributed by atoms with Crippen LogP contribution < -0.4 is 15.8 Å². The summed E-state index contributed by atoms with van der Waals surface area (Å²) < 4.78 is 7.21. The quantitative estimate of drug-likeness (QED) is 0.525. The Hall–Kier alpha value is -3.72. The largest absolute Gasteiger partial charge is 0.378 e. The number of nitrogens with one attached hydrogen (secondary N) is 1. The lowest BCUT2D eigenvalue weighted by Gasteiger charge is -2.34. The maximum atomic E-state index is 13.3. The van der Waals surface area contributed by atoms with Gasteiger partial charge in [0.1, 0.15) is 5.56 Å². The zero-order valence-electron chi connectivity index (χ0n) is 16.3. The highest BCUT2D eigenvalue weighted by Crippen LogP contribution is 2.23. The van der Waals surface area contributed by atoms with Gasteiger partial charge in [0.25, 0.3) is 11.6 Å². The van der Waals surface area contributed by atoms with Crippen LogP contribution in [0, 0.1) is 17.0 Å². The molecule has 30 heavy (non-hydrogen) atoms. The van der Waals surface area contributed by atoms with E-state index in [-0.39, 0.29) is 16.6 Å². The Balaban J connectivity index is 1.93. The fraction of sp³-hybridized carbons (Fsp3) is 0.238. The van der Waals surface area contributed by atoms with E-state index in [2.05, 4.69) is 5.32 Å². The van der Waals surface area contributed by atoms with Crippen molar-refractivity contribution in [2.24, 2.45) is 0 Å². The van der Waals surface area contributed by atoms with Gasteiger partial charge in [0, 0.05) is 17.8 Å². The number of aromatic nitrogens is 1. The van der Waals surface area contributed by atoms with E-state index in [4.69, 9.17) is 4.74 Å². The van der Waals surface area contributed by atoms with Gasteiger partial charge in [-0.1, -0.05) is 18.2 Å². The number of benzene rings is 2. The van der Waals surface area contributed by atoms with Gasteiger partial charge < -0.3 is 15.1 Å². The fourth-order valence-corrected chi connectivity index (χ4v) is 3.69. The summed E-state index contributed by atoms with van der Waals surface area (Å²) in [5.74, 6) is -0.556. The minimum atomic E-state index is -0.556. The number of amides is 1. The predicted octanol–water partition coefficient (Wildman–Crippen LogP) is 2.44. The lowest BCUT2D eigenvalue weighted by molar-refractivity contribution is -0.384. The van der Waals surface area contributed by atoms with Crippen LogP contribution in [0.4, 0.5) is 11.4 Å². The number of ether oxygens (including phenoxy) is 1. The monoisotopic (exact) mass is 408 g/mol. The van der Waals surface area contributed by atoms with Crippen molar-refractivity contribution in [3.05, 3.63) is 80.1 Å². The van der Waals surface area contributed by atoms with E-state index in [1.54, 1.807) is 41.9 Å². The molecule has 0 unspecified atom stereocenters. The molecule has 0 saturated carbocycles. The second kappa shape index (κ2) is 7.96. The van der Waals surface area contributed by atoms with E-state index in [1.807, 2.05) is 11.1 Å². The number of nitro benzene ring substituents is 1. The minimum absolute atomic E-state index is 0.0432. The molecule has 1 N–H and O–H groups in total. The first kappa shape index (κ1) is 19.6. The smallest absolute Gasteiger partial charge is 0.270 e. The molecular formula is C21H20N4O5. The Bertz CT molecular complexity index is 1180. The molecule has 1 saturated heterocycles. The second-order valence-electron chi connectivity index (χ2n) is 6.95. The van der Waals surface area contributed by atoms with E-state index < -0.39 is 16.3 Å². The molecule has 3 aromatic rings. The molecule has 1 amide bonds. The van der Waals surface area contributed by atoms with Crippen LogP contribution in [-0.4, -0.2) is 41.8 Å². The molecule has 0 atom stereocenters. The summed E-state index contributed by atoms with van der Waals surface area (Å²) in [4.78, 5) is 37.0. The molecule has 2 aromatic carbocycles. The maximum Gasteiger partial charge on any atom is 0.270 e. The van der Waals surface area contributed by atoms with Crippen molar-refractivity contribution in [3.63, 3.8) is 0 Å². The Morgan fingerprint density at radius 2 is 1.83 bits per heavy atom. The Morgan fingerprint density at radius 1 is 1.13 bits per heavy atom. The first-order valence-corrected chi connectivity index (χ1v) is 9.50. The lowest BCUT2D eigenvalue weighted by atomic mass is 10.1. The summed E-state index contributed by atoms with van der Waals surface area (Å²) in [5, 5.41) is 16.1. The van der Waals surface area contributed by atoms with E-state index in [1.165, 1.54) is 12.1 Å². The number of para-hydroxylation sites is 1. The molecule has 9 nitrogen and oxygen atoms in total. The molecule has 1 aliphatic heterocycles. The van der Waals surface area contributed by atoms with Gasteiger partial charge in [0.2, 0.25) is 5.43 Å². The van der Waals surface area contributed by atoms with Crippen LogP contribution in [-0.2, 0) is 4.74 Å². The van der Waals surface area contributed by atoms with Crippen LogP contribution in [0.25, 0.3) is 10.9 Å². The van der Waals surface area contributed by atoms with E-state index in [0.717, 1.165) is 0 Å². The van der Waals surface area contributed by atoms with Crippen LogP contribution in [0.5, 0.6) is 0 Å². The summed E-state index contributed by atoms with van der Waals surface area (Å²) in [6, 6.07) is 13.0. The maximum absolute atomic E-state index is 13.3. The summed E-state index contributed by atoms with van der Waals surface area (Å²) >= 11 is 0. The molecule has 1 fully saturated rings. The Morgan fingerprint density at radius 3 is 2.50 bits per heavy atom. The molecule has 1 aromatic heterocycles. The SMILES string of the molecule is Cc1c(C(=O)Nc2ccccc2)c(=O)c2cc([N+](=O)[O-])ccc2n1N1CCOCC1. The van der Waals surface area contributed by atoms with Crippen molar-refractivity contribution in [3.8, 4) is 0 Å². The van der Waals surface area contributed by atoms with Gasteiger partial charge in [-0.15, -0.1) is 0 Å².